The van der Waals surface area contributed by atoms with E-state index in [1.54, 1.807) is 25.4 Å². The maximum atomic E-state index is 12.7. The lowest BCUT2D eigenvalue weighted by Gasteiger charge is -2.26. The van der Waals surface area contributed by atoms with Gasteiger partial charge in [0.1, 0.15) is 12.4 Å². The van der Waals surface area contributed by atoms with E-state index >= 15 is 0 Å². The minimum Gasteiger partial charge on any atom is -0.406 e. The largest absolute Gasteiger partial charge is 0.573 e. The van der Waals surface area contributed by atoms with E-state index in [1.165, 1.54) is 8.87 Å². The summed E-state index contributed by atoms with van der Waals surface area (Å²) in [6, 6.07) is 7.42. The van der Waals surface area contributed by atoms with Gasteiger partial charge < -0.3 is 14.1 Å². The number of nitrogens with zero attached hydrogens (tertiary/aromatic N) is 3. The summed E-state index contributed by atoms with van der Waals surface area (Å²) in [5, 5.41) is 4.01. The number of halogens is 3. The number of rotatable bonds is 6. The third kappa shape index (κ3) is 5.85. The van der Waals surface area contributed by atoms with Crippen LogP contribution in [0.25, 0.3) is 0 Å². The van der Waals surface area contributed by atoms with Crippen molar-refractivity contribution in [1.82, 2.24) is 8.87 Å². The van der Waals surface area contributed by atoms with Crippen molar-refractivity contribution in [3.63, 3.8) is 0 Å². The SMILES string of the molecule is Cn1cccc(CON=C2CCN(S(=O)(=O)c3ccc(OC(F)(F)F)cc3)CC2)c1=O. The van der Waals surface area contributed by atoms with Crippen LogP contribution in [0.4, 0.5) is 13.2 Å². The van der Waals surface area contributed by atoms with Gasteiger partial charge in [0.15, 0.2) is 0 Å². The van der Waals surface area contributed by atoms with Crippen molar-refractivity contribution >= 4 is 15.7 Å². The third-order valence-electron chi connectivity index (χ3n) is 4.61. The minimum atomic E-state index is -4.85. The first-order chi connectivity index (χ1) is 14.6. The Hall–Kier alpha value is -2.86. The molecule has 1 aromatic heterocycles. The number of aryl methyl sites for hydroxylation is 1. The molecule has 0 amide bonds. The Morgan fingerprint density at radius 1 is 1.10 bits per heavy atom. The second kappa shape index (κ2) is 9.10. The van der Waals surface area contributed by atoms with Crippen LogP contribution >= 0.6 is 0 Å². The molecule has 0 spiro atoms. The lowest BCUT2D eigenvalue weighted by atomic mass is 10.1. The molecule has 0 N–H and O–H groups in total. The Morgan fingerprint density at radius 2 is 1.74 bits per heavy atom. The fourth-order valence-corrected chi connectivity index (χ4v) is 4.44. The topological polar surface area (TPSA) is 90.2 Å². The normalized spacial score (nSPS) is 15.5. The van der Waals surface area contributed by atoms with E-state index in [2.05, 4.69) is 9.89 Å². The van der Waals surface area contributed by atoms with Crippen molar-refractivity contribution in [1.29, 1.82) is 0 Å². The third-order valence-corrected chi connectivity index (χ3v) is 6.52. The fourth-order valence-electron chi connectivity index (χ4n) is 3.00. The van der Waals surface area contributed by atoms with E-state index in [1.807, 2.05) is 0 Å². The Balaban J connectivity index is 1.57. The summed E-state index contributed by atoms with van der Waals surface area (Å²) in [6.07, 6.45) is -2.55. The quantitative estimate of drug-likeness (QED) is 0.620. The Morgan fingerprint density at radius 3 is 2.35 bits per heavy atom. The molecule has 168 valence electrons. The Bertz CT molecular complexity index is 1100. The lowest BCUT2D eigenvalue weighted by Crippen LogP contribution is -2.38. The van der Waals surface area contributed by atoms with Crippen LogP contribution in [0.15, 0.2) is 57.4 Å². The second-order valence-electron chi connectivity index (χ2n) is 6.80. The molecule has 3 rings (SSSR count). The number of ether oxygens (including phenoxy) is 1. The van der Waals surface area contributed by atoms with Crippen LogP contribution in [-0.4, -0.2) is 42.5 Å². The molecule has 2 aromatic rings. The number of sulfonamides is 1. The summed E-state index contributed by atoms with van der Waals surface area (Å²) >= 11 is 0. The highest BCUT2D eigenvalue weighted by atomic mass is 32.2. The Kier molecular flexibility index (Phi) is 6.70. The van der Waals surface area contributed by atoms with E-state index in [9.17, 15) is 26.4 Å². The van der Waals surface area contributed by atoms with Crippen LogP contribution in [0.1, 0.15) is 18.4 Å². The van der Waals surface area contributed by atoms with Crippen LogP contribution in [0.2, 0.25) is 0 Å². The zero-order valence-electron chi connectivity index (χ0n) is 16.5. The van der Waals surface area contributed by atoms with Gasteiger partial charge >= 0.3 is 6.36 Å². The number of piperidine rings is 1. The summed E-state index contributed by atoms with van der Waals surface area (Å²) in [5.41, 5.74) is 0.927. The Labute approximate surface area is 176 Å². The highest BCUT2D eigenvalue weighted by Crippen LogP contribution is 2.26. The average molecular weight is 459 g/mol. The van der Waals surface area contributed by atoms with Gasteiger partial charge in [-0.1, -0.05) is 5.16 Å². The fraction of sp³-hybridized carbons (Fsp3) is 0.368. The van der Waals surface area contributed by atoms with Gasteiger partial charge in [-0.15, -0.1) is 13.2 Å². The van der Waals surface area contributed by atoms with E-state index in [4.69, 9.17) is 4.84 Å². The van der Waals surface area contributed by atoms with Crippen molar-refractivity contribution in [2.24, 2.45) is 12.2 Å². The molecular formula is C19H20F3N3O5S. The summed E-state index contributed by atoms with van der Waals surface area (Å²) in [5.74, 6) is -0.495. The van der Waals surface area contributed by atoms with Crippen LogP contribution in [0.5, 0.6) is 5.75 Å². The van der Waals surface area contributed by atoms with E-state index in [-0.39, 0.29) is 30.2 Å². The van der Waals surface area contributed by atoms with Crippen LogP contribution in [-0.2, 0) is 28.5 Å². The van der Waals surface area contributed by atoms with Gasteiger partial charge in [-0.2, -0.15) is 4.31 Å². The number of pyridine rings is 1. The zero-order chi connectivity index (χ0) is 22.6. The van der Waals surface area contributed by atoms with Gasteiger partial charge in [0, 0.05) is 39.2 Å². The van der Waals surface area contributed by atoms with E-state index in [0.29, 0.717) is 24.1 Å². The molecule has 12 heteroatoms. The van der Waals surface area contributed by atoms with Gasteiger partial charge in [0.25, 0.3) is 5.56 Å². The van der Waals surface area contributed by atoms with E-state index in [0.717, 1.165) is 24.3 Å². The molecule has 2 heterocycles. The molecule has 0 bridgehead atoms. The molecule has 0 saturated carbocycles. The second-order valence-corrected chi connectivity index (χ2v) is 8.74. The molecule has 1 saturated heterocycles. The van der Waals surface area contributed by atoms with Crippen molar-refractivity contribution in [2.75, 3.05) is 13.1 Å². The molecule has 0 aliphatic carbocycles. The standard InChI is InChI=1S/C19H20F3N3O5S/c1-24-10-2-3-14(18(24)26)13-29-23-15-8-11-25(12-9-15)31(27,28)17-6-4-16(5-7-17)30-19(20,21)22/h2-7,10H,8-9,11-13H2,1H3. The molecule has 8 nitrogen and oxygen atoms in total. The average Bonchev–Trinajstić information content (AvgIpc) is 2.71. The number of benzene rings is 1. The smallest absolute Gasteiger partial charge is 0.406 e. The first-order valence-corrected chi connectivity index (χ1v) is 10.7. The molecule has 0 atom stereocenters. The van der Waals surface area contributed by atoms with Gasteiger partial charge in [0.05, 0.1) is 16.2 Å². The number of hydrogen-bond donors (Lipinski definition) is 0. The number of oxime groups is 1. The highest BCUT2D eigenvalue weighted by molar-refractivity contribution is 7.89. The number of aromatic nitrogens is 1. The van der Waals surface area contributed by atoms with Crippen molar-refractivity contribution in [3.05, 3.63) is 58.5 Å². The first-order valence-electron chi connectivity index (χ1n) is 9.24. The molecule has 1 aliphatic heterocycles. The maximum Gasteiger partial charge on any atom is 0.573 e. The zero-order valence-corrected chi connectivity index (χ0v) is 17.3. The van der Waals surface area contributed by atoms with Crippen LogP contribution in [0, 0.1) is 0 Å². The van der Waals surface area contributed by atoms with Crippen molar-refractivity contribution < 1.29 is 31.2 Å². The van der Waals surface area contributed by atoms with Crippen LogP contribution in [0.3, 0.4) is 0 Å². The highest BCUT2D eigenvalue weighted by Gasteiger charge is 2.32. The molecule has 31 heavy (non-hydrogen) atoms. The maximum absolute atomic E-state index is 12.7. The summed E-state index contributed by atoms with van der Waals surface area (Å²) in [6.45, 7) is 0.308. The van der Waals surface area contributed by atoms with Crippen molar-refractivity contribution in [3.8, 4) is 5.75 Å². The van der Waals surface area contributed by atoms with Gasteiger partial charge in [-0.3, -0.25) is 4.79 Å². The monoisotopic (exact) mass is 459 g/mol. The lowest BCUT2D eigenvalue weighted by molar-refractivity contribution is -0.274. The summed E-state index contributed by atoms with van der Waals surface area (Å²) in [4.78, 5) is 17.1. The summed E-state index contributed by atoms with van der Waals surface area (Å²) in [7, 11) is -2.23. The van der Waals surface area contributed by atoms with Gasteiger partial charge in [-0.25, -0.2) is 8.42 Å². The van der Waals surface area contributed by atoms with Gasteiger partial charge in [-0.05, 0) is 36.4 Å². The predicted molar refractivity (Wildman–Crippen MR) is 105 cm³/mol. The minimum absolute atomic E-state index is 0.00533. The molecule has 1 aromatic carbocycles. The molecule has 0 radical (unpaired) electrons. The van der Waals surface area contributed by atoms with Crippen molar-refractivity contribution in [2.45, 2.75) is 30.7 Å². The van der Waals surface area contributed by atoms with E-state index < -0.39 is 22.1 Å². The first kappa shape index (κ1) is 22.8. The van der Waals surface area contributed by atoms with Crippen LogP contribution < -0.4 is 10.3 Å². The molecule has 1 aliphatic rings. The molecule has 0 unspecified atom stereocenters. The number of alkyl halides is 3. The molecular weight excluding hydrogens is 439 g/mol. The van der Waals surface area contributed by atoms with Gasteiger partial charge in [0.2, 0.25) is 10.0 Å². The predicted octanol–water partition coefficient (Wildman–Crippen LogP) is 2.64. The number of hydrogen-bond acceptors (Lipinski definition) is 6. The molecule has 1 fully saturated rings. The summed E-state index contributed by atoms with van der Waals surface area (Å²) < 4.78 is 68.6.